The SMILES string of the molecule is C=C(C)[C@@]1(CCOC(C)=O)CC(=O)C[C@H]1C. The van der Waals surface area contributed by atoms with Crippen molar-refractivity contribution >= 4 is 11.8 Å². The van der Waals surface area contributed by atoms with Crippen molar-refractivity contribution in [2.75, 3.05) is 6.61 Å². The fourth-order valence-corrected chi connectivity index (χ4v) is 2.63. The molecule has 1 fully saturated rings. The molecule has 1 aliphatic rings. The molecule has 1 aliphatic carbocycles. The molecule has 0 aromatic carbocycles. The standard InChI is InChI=1S/C13H20O3/c1-9(2)13(5-6-16-11(4)14)8-12(15)7-10(13)3/h10H,1,5-8H2,2-4H3/t10-,13-/m1/s1. The Morgan fingerprint density at radius 2 is 2.19 bits per heavy atom. The van der Waals surface area contributed by atoms with Crippen LogP contribution in [0.15, 0.2) is 12.2 Å². The summed E-state index contributed by atoms with van der Waals surface area (Å²) < 4.78 is 4.97. The van der Waals surface area contributed by atoms with Gasteiger partial charge in [-0.1, -0.05) is 19.1 Å². The molecule has 0 bridgehead atoms. The lowest BCUT2D eigenvalue weighted by Crippen LogP contribution is -2.27. The third-order valence-corrected chi connectivity index (χ3v) is 3.69. The Labute approximate surface area is 96.9 Å². The molecule has 0 aromatic rings. The van der Waals surface area contributed by atoms with E-state index in [0.717, 1.165) is 5.57 Å². The highest BCUT2D eigenvalue weighted by atomic mass is 16.5. The Bertz CT molecular complexity index is 319. The molecule has 0 spiro atoms. The summed E-state index contributed by atoms with van der Waals surface area (Å²) in [4.78, 5) is 22.2. The van der Waals surface area contributed by atoms with Crippen LogP contribution in [0.5, 0.6) is 0 Å². The minimum absolute atomic E-state index is 0.160. The van der Waals surface area contributed by atoms with Crippen molar-refractivity contribution in [2.45, 2.75) is 40.0 Å². The second-order valence-corrected chi connectivity index (χ2v) is 4.85. The number of hydrogen-bond donors (Lipinski definition) is 0. The van der Waals surface area contributed by atoms with E-state index in [1.165, 1.54) is 6.92 Å². The van der Waals surface area contributed by atoms with Crippen LogP contribution in [0.2, 0.25) is 0 Å². The fourth-order valence-electron chi connectivity index (χ4n) is 2.63. The number of esters is 1. The molecular weight excluding hydrogens is 204 g/mol. The summed E-state index contributed by atoms with van der Waals surface area (Å²) in [5, 5.41) is 0. The first-order valence-electron chi connectivity index (χ1n) is 5.69. The maximum Gasteiger partial charge on any atom is 0.302 e. The molecule has 0 N–H and O–H groups in total. The van der Waals surface area contributed by atoms with Crippen LogP contribution in [0.1, 0.15) is 40.0 Å². The van der Waals surface area contributed by atoms with Crippen molar-refractivity contribution in [3.63, 3.8) is 0 Å². The van der Waals surface area contributed by atoms with Crippen LogP contribution in [0.4, 0.5) is 0 Å². The quantitative estimate of drug-likeness (QED) is 0.544. The van der Waals surface area contributed by atoms with Gasteiger partial charge in [0, 0.05) is 25.2 Å². The lowest BCUT2D eigenvalue weighted by Gasteiger charge is -2.33. The molecule has 16 heavy (non-hydrogen) atoms. The Hall–Kier alpha value is -1.12. The summed E-state index contributed by atoms with van der Waals surface area (Å²) in [5.74, 6) is 0.320. The monoisotopic (exact) mass is 224 g/mol. The predicted molar refractivity (Wildman–Crippen MR) is 61.9 cm³/mol. The number of Topliss-reactive ketones (excluding diaryl/α,β-unsaturated/α-hetero) is 1. The van der Waals surface area contributed by atoms with Crippen LogP contribution in [0, 0.1) is 11.3 Å². The number of allylic oxidation sites excluding steroid dienone is 1. The molecule has 1 saturated carbocycles. The molecule has 0 aliphatic heterocycles. The van der Waals surface area contributed by atoms with E-state index < -0.39 is 0 Å². The second kappa shape index (κ2) is 4.81. The van der Waals surface area contributed by atoms with Crippen LogP contribution in [0.3, 0.4) is 0 Å². The van der Waals surface area contributed by atoms with Gasteiger partial charge >= 0.3 is 5.97 Å². The first-order valence-corrected chi connectivity index (χ1v) is 5.69. The van der Waals surface area contributed by atoms with Gasteiger partial charge in [-0.25, -0.2) is 0 Å². The number of hydrogen-bond acceptors (Lipinski definition) is 3. The normalized spacial score (nSPS) is 29.2. The van der Waals surface area contributed by atoms with E-state index >= 15 is 0 Å². The van der Waals surface area contributed by atoms with Crippen LogP contribution in [0.25, 0.3) is 0 Å². The van der Waals surface area contributed by atoms with Crippen LogP contribution in [-0.2, 0) is 14.3 Å². The molecule has 0 aromatic heterocycles. The van der Waals surface area contributed by atoms with Gasteiger partial charge in [-0.05, 0) is 19.3 Å². The average molecular weight is 224 g/mol. The highest BCUT2D eigenvalue weighted by Crippen LogP contribution is 2.48. The molecule has 0 radical (unpaired) electrons. The highest BCUT2D eigenvalue weighted by Gasteiger charge is 2.44. The van der Waals surface area contributed by atoms with Gasteiger partial charge in [0.2, 0.25) is 0 Å². The Morgan fingerprint density at radius 1 is 1.56 bits per heavy atom. The first kappa shape index (κ1) is 12.9. The lowest BCUT2D eigenvalue weighted by atomic mass is 9.71. The Morgan fingerprint density at radius 3 is 2.56 bits per heavy atom. The average Bonchev–Trinajstić information content (AvgIpc) is 2.41. The van der Waals surface area contributed by atoms with Gasteiger partial charge in [0.25, 0.3) is 0 Å². The van der Waals surface area contributed by atoms with E-state index in [0.29, 0.717) is 37.6 Å². The number of ether oxygens (including phenoxy) is 1. The molecular formula is C13H20O3. The van der Waals surface area contributed by atoms with Crippen LogP contribution < -0.4 is 0 Å². The van der Waals surface area contributed by atoms with Gasteiger partial charge < -0.3 is 4.74 Å². The maximum absolute atomic E-state index is 11.5. The van der Waals surface area contributed by atoms with E-state index in [1.807, 2.05) is 6.92 Å². The second-order valence-electron chi connectivity index (χ2n) is 4.85. The minimum Gasteiger partial charge on any atom is -0.466 e. The summed E-state index contributed by atoms with van der Waals surface area (Å²) in [6, 6.07) is 0. The van der Waals surface area contributed by atoms with E-state index in [1.54, 1.807) is 0 Å². The van der Waals surface area contributed by atoms with Gasteiger partial charge in [-0.2, -0.15) is 0 Å². The predicted octanol–water partition coefficient (Wildman–Crippen LogP) is 2.50. The summed E-state index contributed by atoms with van der Waals surface area (Å²) in [7, 11) is 0. The molecule has 0 heterocycles. The largest absolute Gasteiger partial charge is 0.466 e. The first-order chi connectivity index (χ1) is 7.38. The molecule has 1 rings (SSSR count). The van der Waals surface area contributed by atoms with E-state index in [9.17, 15) is 9.59 Å². The van der Waals surface area contributed by atoms with Crippen molar-refractivity contribution < 1.29 is 14.3 Å². The van der Waals surface area contributed by atoms with Gasteiger partial charge in [0.1, 0.15) is 5.78 Å². The summed E-state index contributed by atoms with van der Waals surface area (Å²) in [5.41, 5.74) is 0.866. The number of carbonyl (C=O) groups is 2. The summed E-state index contributed by atoms with van der Waals surface area (Å²) in [6.07, 6.45) is 1.87. The van der Waals surface area contributed by atoms with Gasteiger partial charge in [0.15, 0.2) is 0 Å². The fraction of sp³-hybridized carbons (Fsp3) is 0.692. The topological polar surface area (TPSA) is 43.4 Å². The van der Waals surface area contributed by atoms with Gasteiger partial charge in [0.05, 0.1) is 6.61 Å². The summed E-state index contributed by atoms with van der Waals surface area (Å²) in [6.45, 7) is 9.81. The zero-order chi connectivity index (χ0) is 12.3. The molecule has 90 valence electrons. The zero-order valence-corrected chi connectivity index (χ0v) is 10.3. The van der Waals surface area contributed by atoms with E-state index in [2.05, 4.69) is 13.5 Å². The number of ketones is 1. The van der Waals surface area contributed by atoms with Gasteiger partial charge in [-0.15, -0.1) is 0 Å². The van der Waals surface area contributed by atoms with Crippen molar-refractivity contribution in [3.8, 4) is 0 Å². The third kappa shape index (κ3) is 2.52. The maximum atomic E-state index is 11.5. The highest BCUT2D eigenvalue weighted by molar-refractivity contribution is 5.82. The van der Waals surface area contributed by atoms with Crippen LogP contribution >= 0.6 is 0 Å². The Kier molecular flexibility index (Phi) is 3.89. The Balaban J connectivity index is 2.70. The molecule has 3 heteroatoms. The van der Waals surface area contributed by atoms with Crippen molar-refractivity contribution in [2.24, 2.45) is 11.3 Å². The molecule has 0 unspecified atom stereocenters. The molecule has 0 amide bonds. The minimum atomic E-state index is -0.270. The van der Waals surface area contributed by atoms with E-state index in [-0.39, 0.29) is 11.4 Å². The molecule has 2 atom stereocenters. The van der Waals surface area contributed by atoms with Crippen molar-refractivity contribution in [1.82, 2.24) is 0 Å². The number of carbonyl (C=O) groups excluding carboxylic acids is 2. The smallest absolute Gasteiger partial charge is 0.302 e. The third-order valence-electron chi connectivity index (χ3n) is 3.69. The molecule has 0 saturated heterocycles. The van der Waals surface area contributed by atoms with E-state index in [4.69, 9.17) is 4.74 Å². The van der Waals surface area contributed by atoms with Crippen molar-refractivity contribution in [1.29, 1.82) is 0 Å². The summed E-state index contributed by atoms with van der Waals surface area (Å²) >= 11 is 0. The number of rotatable bonds is 4. The van der Waals surface area contributed by atoms with Crippen LogP contribution in [-0.4, -0.2) is 18.4 Å². The van der Waals surface area contributed by atoms with Gasteiger partial charge in [-0.3, -0.25) is 9.59 Å². The zero-order valence-electron chi connectivity index (χ0n) is 10.3. The molecule has 3 nitrogen and oxygen atoms in total. The van der Waals surface area contributed by atoms with Crippen molar-refractivity contribution in [3.05, 3.63) is 12.2 Å². The lowest BCUT2D eigenvalue weighted by molar-refractivity contribution is -0.141.